The first-order valence-electron chi connectivity index (χ1n) is 11.6. The van der Waals surface area contributed by atoms with Crippen molar-refractivity contribution in [2.75, 3.05) is 19.6 Å². The lowest BCUT2D eigenvalue weighted by molar-refractivity contribution is 0.315. The van der Waals surface area contributed by atoms with Gasteiger partial charge in [0, 0.05) is 19.6 Å². The Labute approximate surface area is 181 Å². The van der Waals surface area contributed by atoms with Crippen molar-refractivity contribution in [3.05, 3.63) is 0 Å². The van der Waals surface area contributed by atoms with Crippen LogP contribution in [-0.2, 0) is 0 Å². The van der Waals surface area contributed by atoms with Gasteiger partial charge in [0.2, 0.25) is 0 Å². The molecule has 1 atom stereocenters. The molecule has 0 aliphatic carbocycles. The second kappa shape index (κ2) is 19.1. The predicted octanol–water partition coefficient (Wildman–Crippen LogP) is 7.27. The Morgan fingerprint density at radius 3 is 1.81 bits per heavy atom. The van der Waals surface area contributed by atoms with E-state index in [4.69, 9.17) is 24.4 Å². The van der Waals surface area contributed by atoms with E-state index >= 15 is 0 Å². The average Bonchev–Trinajstić information content (AvgIpc) is 2.68. The van der Waals surface area contributed by atoms with Gasteiger partial charge in [-0.25, -0.2) is 0 Å². The van der Waals surface area contributed by atoms with E-state index in [1.165, 1.54) is 77.0 Å². The fraction of sp³-hybridized carbons (Fsp3) is 0.913. The number of thiocarbonyl (C=S) groups is 2. The molecular weight excluding hydrogens is 368 g/mol. The molecule has 0 rings (SSSR count). The first-order chi connectivity index (χ1) is 13.2. The molecule has 0 saturated carbocycles. The molecule has 2 nitrogen and oxygen atoms in total. The zero-order valence-corrected chi connectivity index (χ0v) is 20.2. The molecule has 4 heteroatoms. The summed E-state index contributed by atoms with van der Waals surface area (Å²) in [6, 6.07) is 0.254. The third kappa shape index (κ3) is 12.8. The van der Waals surface area contributed by atoms with Crippen molar-refractivity contribution < 1.29 is 0 Å². The van der Waals surface area contributed by atoms with Gasteiger partial charge in [-0.05, 0) is 25.7 Å². The molecule has 0 aromatic carbocycles. The van der Waals surface area contributed by atoms with Crippen molar-refractivity contribution in [3.8, 4) is 0 Å². The Morgan fingerprint density at radius 1 is 0.704 bits per heavy atom. The summed E-state index contributed by atoms with van der Waals surface area (Å²) >= 11 is 11.3. The van der Waals surface area contributed by atoms with E-state index in [9.17, 15) is 0 Å². The normalized spacial score (nSPS) is 12.0. The molecule has 0 aliphatic rings. The standard InChI is InChI=1S/C23H45N2S2/c1-5-9-13-16-19-24(18-12-8-4)23(27)22(17-14-10-6-2)25(21-26)20-15-11-7-3/h22H,5-20H2,1-4H3. The van der Waals surface area contributed by atoms with Crippen LogP contribution in [0.4, 0.5) is 0 Å². The Hall–Kier alpha value is -0.220. The summed E-state index contributed by atoms with van der Waals surface area (Å²) < 4.78 is 0. The van der Waals surface area contributed by atoms with Crippen molar-refractivity contribution >= 4 is 34.9 Å². The number of unbranched alkanes of at least 4 members (excludes halogenated alkanes) is 8. The van der Waals surface area contributed by atoms with Gasteiger partial charge in [0.1, 0.15) is 10.5 Å². The highest BCUT2D eigenvalue weighted by Crippen LogP contribution is 2.17. The highest BCUT2D eigenvalue weighted by molar-refractivity contribution is 7.80. The summed E-state index contributed by atoms with van der Waals surface area (Å²) in [4.78, 5) is 5.85. The third-order valence-corrected chi connectivity index (χ3v) is 6.00. The van der Waals surface area contributed by atoms with Crippen LogP contribution in [0.3, 0.4) is 0 Å². The summed E-state index contributed by atoms with van der Waals surface area (Å²) in [5.74, 6) is 0. The van der Waals surface area contributed by atoms with Gasteiger partial charge in [0.15, 0.2) is 0 Å². The first kappa shape index (κ1) is 26.8. The summed E-state index contributed by atoms with van der Waals surface area (Å²) in [7, 11) is 0. The number of hydrogen-bond acceptors (Lipinski definition) is 2. The molecule has 0 N–H and O–H groups in total. The second-order valence-electron chi connectivity index (χ2n) is 7.74. The van der Waals surface area contributed by atoms with E-state index in [1.807, 2.05) is 0 Å². The monoisotopic (exact) mass is 413 g/mol. The Balaban J connectivity index is 5.06. The van der Waals surface area contributed by atoms with Crippen LogP contribution in [0, 0.1) is 0 Å². The second-order valence-corrected chi connectivity index (χ2v) is 8.34. The van der Waals surface area contributed by atoms with Crippen LogP contribution in [-0.4, -0.2) is 46.0 Å². The summed E-state index contributed by atoms with van der Waals surface area (Å²) in [5.41, 5.74) is 3.06. The van der Waals surface area contributed by atoms with Gasteiger partial charge in [-0.2, -0.15) is 0 Å². The van der Waals surface area contributed by atoms with Crippen molar-refractivity contribution in [2.45, 2.75) is 117 Å². The van der Waals surface area contributed by atoms with E-state index in [-0.39, 0.29) is 6.04 Å². The van der Waals surface area contributed by atoms with Crippen LogP contribution in [0.5, 0.6) is 0 Å². The molecule has 0 bridgehead atoms. The molecule has 0 fully saturated rings. The molecule has 159 valence electrons. The molecule has 0 spiro atoms. The summed E-state index contributed by atoms with van der Waals surface area (Å²) in [6.07, 6.45) is 16.1. The topological polar surface area (TPSA) is 6.48 Å². The number of hydrogen-bond donors (Lipinski definition) is 0. The maximum absolute atomic E-state index is 6.06. The van der Waals surface area contributed by atoms with Gasteiger partial charge in [-0.15, -0.1) is 0 Å². The Morgan fingerprint density at radius 2 is 1.22 bits per heavy atom. The molecule has 0 aromatic rings. The van der Waals surface area contributed by atoms with Gasteiger partial charge < -0.3 is 9.80 Å². The smallest absolute Gasteiger partial charge is 0.137 e. The maximum atomic E-state index is 6.06. The van der Waals surface area contributed by atoms with E-state index in [1.54, 1.807) is 0 Å². The molecule has 0 aromatic heterocycles. The van der Waals surface area contributed by atoms with Crippen molar-refractivity contribution in [2.24, 2.45) is 0 Å². The van der Waals surface area contributed by atoms with E-state index in [0.29, 0.717) is 0 Å². The SMILES string of the molecule is CCCCCCN(CCCC)C(=S)C(CCCCC)N([C]=S)CCCCC. The van der Waals surface area contributed by atoms with Crippen LogP contribution in [0.1, 0.15) is 111 Å². The minimum Gasteiger partial charge on any atom is -0.364 e. The zero-order valence-electron chi connectivity index (χ0n) is 18.6. The van der Waals surface area contributed by atoms with Crippen molar-refractivity contribution in [1.82, 2.24) is 9.80 Å². The molecule has 27 heavy (non-hydrogen) atoms. The van der Waals surface area contributed by atoms with E-state index < -0.39 is 0 Å². The molecule has 0 heterocycles. The van der Waals surface area contributed by atoms with Crippen LogP contribution in [0.15, 0.2) is 0 Å². The first-order valence-corrected chi connectivity index (χ1v) is 12.4. The van der Waals surface area contributed by atoms with Gasteiger partial charge in [-0.1, -0.05) is 110 Å². The highest BCUT2D eigenvalue weighted by atomic mass is 32.1. The molecule has 0 amide bonds. The van der Waals surface area contributed by atoms with Gasteiger partial charge >= 0.3 is 0 Å². The van der Waals surface area contributed by atoms with Crippen molar-refractivity contribution in [1.29, 1.82) is 0 Å². The van der Waals surface area contributed by atoms with E-state index in [2.05, 4.69) is 43.0 Å². The lowest BCUT2D eigenvalue weighted by Crippen LogP contribution is -2.48. The van der Waals surface area contributed by atoms with Crippen LogP contribution >= 0.6 is 24.4 Å². The lowest BCUT2D eigenvalue weighted by Gasteiger charge is -2.36. The van der Waals surface area contributed by atoms with E-state index in [0.717, 1.165) is 31.0 Å². The zero-order chi connectivity index (χ0) is 20.3. The fourth-order valence-corrected chi connectivity index (χ4v) is 4.07. The third-order valence-electron chi connectivity index (χ3n) is 5.24. The minimum absolute atomic E-state index is 0.254. The molecule has 1 unspecified atom stereocenters. The fourth-order valence-electron chi connectivity index (χ4n) is 3.42. The quantitative estimate of drug-likeness (QED) is 0.125. The van der Waals surface area contributed by atoms with Gasteiger partial charge in [0.05, 0.1) is 6.04 Å². The van der Waals surface area contributed by atoms with Gasteiger partial charge in [0.25, 0.3) is 0 Å². The molecule has 1 radical (unpaired) electrons. The molecular formula is C23H45N2S2. The van der Waals surface area contributed by atoms with Gasteiger partial charge in [-0.3, -0.25) is 0 Å². The summed E-state index contributed by atoms with van der Waals surface area (Å²) in [5, 5.41) is 0. The highest BCUT2D eigenvalue weighted by Gasteiger charge is 2.24. The summed E-state index contributed by atoms with van der Waals surface area (Å²) in [6.45, 7) is 12.2. The van der Waals surface area contributed by atoms with Crippen molar-refractivity contribution in [3.63, 3.8) is 0 Å². The van der Waals surface area contributed by atoms with Crippen LogP contribution < -0.4 is 0 Å². The predicted molar refractivity (Wildman–Crippen MR) is 130 cm³/mol. The average molecular weight is 414 g/mol. The molecule has 0 saturated heterocycles. The largest absolute Gasteiger partial charge is 0.364 e. The Kier molecular flexibility index (Phi) is 19.0. The van der Waals surface area contributed by atoms with Crippen LogP contribution in [0.2, 0.25) is 0 Å². The van der Waals surface area contributed by atoms with Crippen LogP contribution in [0.25, 0.3) is 0 Å². The lowest BCUT2D eigenvalue weighted by atomic mass is 10.0. The number of rotatable bonds is 19. The maximum Gasteiger partial charge on any atom is 0.137 e. The number of nitrogens with zero attached hydrogens (tertiary/aromatic N) is 2. The minimum atomic E-state index is 0.254. The molecule has 0 aliphatic heterocycles. The Bertz CT molecular complexity index is 360.